The molecule has 0 unspecified atom stereocenters. The number of benzene rings is 1. The van der Waals surface area contributed by atoms with Gasteiger partial charge in [-0.25, -0.2) is 0 Å². The van der Waals surface area contributed by atoms with Crippen LogP contribution in [0.15, 0.2) is 52.0 Å². The van der Waals surface area contributed by atoms with Gasteiger partial charge in [-0.3, -0.25) is 14.4 Å². The summed E-state index contributed by atoms with van der Waals surface area (Å²) in [7, 11) is 5.70. The predicted molar refractivity (Wildman–Crippen MR) is 132 cm³/mol. The summed E-state index contributed by atoms with van der Waals surface area (Å²) in [5.74, 6) is -0.912. The SMILES string of the molecule is C=C(Br)C(=O)Nc1ccc2oc(C(=O)Nc3cc(C(=O)NCCCN(C)C)n(C)c3)cc2c1. The fourth-order valence-corrected chi connectivity index (χ4v) is 3.27. The molecule has 0 aliphatic carbocycles. The summed E-state index contributed by atoms with van der Waals surface area (Å²) >= 11 is 3.03. The minimum atomic E-state index is -0.450. The minimum Gasteiger partial charge on any atom is -0.451 e. The molecule has 174 valence electrons. The number of carbonyl (C=O) groups excluding carboxylic acids is 3. The van der Waals surface area contributed by atoms with Crippen molar-refractivity contribution >= 4 is 56.0 Å². The fourth-order valence-electron chi connectivity index (χ4n) is 3.17. The van der Waals surface area contributed by atoms with Gasteiger partial charge in [-0.1, -0.05) is 6.58 Å². The van der Waals surface area contributed by atoms with Crippen LogP contribution >= 0.6 is 15.9 Å². The van der Waals surface area contributed by atoms with Crippen molar-refractivity contribution in [2.75, 3.05) is 37.8 Å². The predicted octanol–water partition coefficient (Wildman–Crippen LogP) is 3.55. The summed E-state index contributed by atoms with van der Waals surface area (Å²) in [6, 6.07) is 8.24. The summed E-state index contributed by atoms with van der Waals surface area (Å²) in [5, 5.41) is 8.97. The van der Waals surface area contributed by atoms with E-state index in [9.17, 15) is 14.4 Å². The largest absolute Gasteiger partial charge is 0.451 e. The van der Waals surface area contributed by atoms with Gasteiger partial charge < -0.3 is 29.8 Å². The Morgan fingerprint density at radius 3 is 2.55 bits per heavy atom. The van der Waals surface area contributed by atoms with E-state index in [1.54, 1.807) is 48.1 Å². The van der Waals surface area contributed by atoms with Gasteiger partial charge in [-0.2, -0.15) is 0 Å². The highest BCUT2D eigenvalue weighted by atomic mass is 79.9. The Kier molecular flexibility index (Phi) is 7.72. The highest BCUT2D eigenvalue weighted by molar-refractivity contribution is 9.12. The highest BCUT2D eigenvalue weighted by Crippen LogP contribution is 2.24. The summed E-state index contributed by atoms with van der Waals surface area (Å²) < 4.78 is 7.50. The second-order valence-electron chi connectivity index (χ2n) is 7.81. The number of nitrogens with zero attached hydrogens (tertiary/aromatic N) is 2. The molecule has 0 saturated heterocycles. The first-order valence-electron chi connectivity index (χ1n) is 10.2. The van der Waals surface area contributed by atoms with Crippen molar-refractivity contribution in [3.05, 3.63) is 59.0 Å². The van der Waals surface area contributed by atoms with E-state index in [4.69, 9.17) is 4.42 Å². The van der Waals surface area contributed by atoms with E-state index in [0.717, 1.165) is 13.0 Å². The van der Waals surface area contributed by atoms with Gasteiger partial charge in [0, 0.05) is 30.9 Å². The molecule has 0 radical (unpaired) electrons. The van der Waals surface area contributed by atoms with Gasteiger partial charge in [0.1, 0.15) is 11.3 Å². The molecule has 1 aromatic carbocycles. The number of hydrogen-bond acceptors (Lipinski definition) is 5. The zero-order chi connectivity index (χ0) is 24.1. The third-order valence-corrected chi connectivity index (χ3v) is 5.17. The molecule has 3 aromatic rings. The molecule has 0 aliphatic rings. The Labute approximate surface area is 199 Å². The van der Waals surface area contributed by atoms with Gasteiger partial charge in [0.2, 0.25) is 0 Å². The molecular formula is C23H26BrN5O4. The van der Waals surface area contributed by atoms with Crippen LogP contribution in [0.3, 0.4) is 0 Å². The average molecular weight is 516 g/mol. The van der Waals surface area contributed by atoms with E-state index in [2.05, 4.69) is 43.4 Å². The lowest BCUT2D eigenvalue weighted by Crippen LogP contribution is -2.28. The molecule has 0 fully saturated rings. The summed E-state index contributed by atoms with van der Waals surface area (Å²) in [6.07, 6.45) is 2.51. The normalized spacial score (nSPS) is 10.9. The van der Waals surface area contributed by atoms with Crippen molar-refractivity contribution in [3.8, 4) is 0 Å². The molecule has 3 amide bonds. The lowest BCUT2D eigenvalue weighted by atomic mass is 10.2. The van der Waals surface area contributed by atoms with Gasteiger partial charge in [0.05, 0.1) is 10.2 Å². The first-order valence-corrected chi connectivity index (χ1v) is 11.0. The number of nitrogens with one attached hydrogen (secondary N) is 3. The molecule has 0 spiro atoms. The van der Waals surface area contributed by atoms with Crippen LogP contribution in [-0.2, 0) is 11.8 Å². The Morgan fingerprint density at radius 1 is 1.09 bits per heavy atom. The second-order valence-corrected chi connectivity index (χ2v) is 8.77. The summed E-state index contributed by atoms with van der Waals surface area (Å²) in [5.41, 5.74) is 1.96. The van der Waals surface area contributed by atoms with Crippen molar-refractivity contribution < 1.29 is 18.8 Å². The number of aryl methyl sites for hydroxylation is 1. The van der Waals surface area contributed by atoms with E-state index in [1.165, 1.54) is 0 Å². The Balaban J connectivity index is 1.66. The van der Waals surface area contributed by atoms with Crippen LogP contribution < -0.4 is 16.0 Å². The molecular weight excluding hydrogens is 490 g/mol. The average Bonchev–Trinajstić information content (AvgIpc) is 3.33. The summed E-state index contributed by atoms with van der Waals surface area (Å²) in [4.78, 5) is 38.9. The maximum absolute atomic E-state index is 12.7. The van der Waals surface area contributed by atoms with Crippen molar-refractivity contribution in [2.45, 2.75) is 6.42 Å². The molecule has 2 heterocycles. The van der Waals surface area contributed by atoms with Crippen LogP contribution in [0, 0.1) is 0 Å². The van der Waals surface area contributed by atoms with Gasteiger partial charge in [0.25, 0.3) is 17.7 Å². The number of hydrogen-bond donors (Lipinski definition) is 3. The smallest absolute Gasteiger partial charge is 0.291 e. The number of carbonyl (C=O) groups is 3. The van der Waals surface area contributed by atoms with Crippen LogP contribution in [-0.4, -0.2) is 54.4 Å². The zero-order valence-corrected chi connectivity index (χ0v) is 20.3. The third-order valence-electron chi connectivity index (χ3n) is 4.81. The van der Waals surface area contributed by atoms with Gasteiger partial charge in [0.15, 0.2) is 5.76 Å². The van der Waals surface area contributed by atoms with Crippen molar-refractivity contribution in [3.63, 3.8) is 0 Å². The molecule has 2 aromatic heterocycles. The van der Waals surface area contributed by atoms with E-state index < -0.39 is 5.91 Å². The second kappa shape index (κ2) is 10.5. The van der Waals surface area contributed by atoms with Crippen LogP contribution in [0.25, 0.3) is 11.0 Å². The lowest BCUT2D eigenvalue weighted by molar-refractivity contribution is -0.112. The van der Waals surface area contributed by atoms with E-state index >= 15 is 0 Å². The fraction of sp³-hybridized carbons (Fsp3) is 0.261. The van der Waals surface area contributed by atoms with E-state index in [1.807, 2.05) is 14.1 Å². The van der Waals surface area contributed by atoms with Crippen LogP contribution in [0.4, 0.5) is 11.4 Å². The van der Waals surface area contributed by atoms with E-state index in [-0.39, 0.29) is 22.1 Å². The molecule has 33 heavy (non-hydrogen) atoms. The van der Waals surface area contributed by atoms with Crippen LogP contribution in [0.1, 0.15) is 27.5 Å². The zero-order valence-electron chi connectivity index (χ0n) is 18.7. The number of aromatic nitrogens is 1. The number of furan rings is 1. The lowest BCUT2D eigenvalue weighted by Gasteiger charge is -2.10. The Morgan fingerprint density at radius 2 is 1.85 bits per heavy atom. The van der Waals surface area contributed by atoms with Crippen LogP contribution in [0.5, 0.6) is 0 Å². The molecule has 10 heteroatoms. The topological polar surface area (TPSA) is 109 Å². The Bertz CT molecular complexity index is 1210. The first kappa shape index (κ1) is 24.3. The maximum Gasteiger partial charge on any atom is 0.291 e. The number of halogens is 1. The number of amides is 3. The quantitative estimate of drug-likeness (QED) is 0.298. The van der Waals surface area contributed by atoms with Crippen LogP contribution in [0.2, 0.25) is 0 Å². The van der Waals surface area contributed by atoms with Crippen molar-refractivity contribution in [1.82, 2.24) is 14.8 Å². The molecule has 0 saturated carbocycles. The molecule has 0 aliphatic heterocycles. The molecule has 9 nitrogen and oxygen atoms in total. The summed E-state index contributed by atoms with van der Waals surface area (Å²) in [6.45, 7) is 4.97. The third kappa shape index (κ3) is 6.33. The highest BCUT2D eigenvalue weighted by Gasteiger charge is 2.17. The molecule has 0 atom stereocenters. The standard InChI is InChI=1S/C23H26BrN5O4/c1-14(24)21(30)26-16-6-7-19-15(10-16)11-20(33-19)23(32)27-17-12-18(29(4)13-17)22(31)25-8-5-9-28(2)3/h6-7,10-13H,1,5,8-9H2,2-4H3,(H,25,31)(H,26,30)(H,27,32). The molecule has 0 bridgehead atoms. The van der Waals surface area contributed by atoms with Crippen molar-refractivity contribution in [1.29, 1.82) is 0 Å². The number of rotatable bonds is 9. The van der Waals surface area contributed by atoms with E-state index in [0.29, 0.717) is 34.6 Å². The molecule has 3 rings (SSSR count). The maximum atomic E-state index is 12.7. The Hall–Kier alpha value is -3.37. The molecule has 3 N–H and O–H groups in total. The van der Waals surface area contributed by atoms with Gasteiger partial charge in [-0.15, -0.1) is 0 Å². The number of anilines is 2. The minimum absolute atomic E-state index is 0.108. The first-order chi connectivity index (χ1) is 15.6. The van der Waals surface area contributed by atoms with Gasteiger partial charge in [-0.05, 0) is 73.3 Å². The van der Waals surface area contributed by atoms with Crippen molar-refractivity contribution in [2.24, 2.45) is 7.05 Å². The van der Waals surface area contributed by atoms with Gasteiger partial charge >= 0.3 is 0 Å². The monoisotopic (exact) mass is 515 g/mol. The number of fused-ring (bicyclic) bond motifs is 1.